The lowest BCUT2D eigenvalue weighted by Crippen LogP contribution is -2.19. The summed E-state index contributed by atoms with van der Waals surface area (Å²) in [6, 6.07) is 17.0. The first-order valence-electron chi connectivity index (χ1n) is 28.8. The average Bonchev–Trinajstić information content (AvgIpc) is 3.25. The Labute approximate surface area is 483 Å². The first kappa shape index (κ1) is 66.7. The second kappa shape index (κ2) is 23.2. The van der Waals surface area contributed by atoms with Crippen LogP contribution in [0.15, 0.2) is 48.5 Å². The number of aromatic hydroxyl groups is 4. The molecule has 5 aromatic carbocycles. The fraction of sp³-hybridized carbons (Fsp3) is 0.556. The highest BCUT2D eigenvalue weighted by Crippen LogP contribution is 2.46. The van der Waals surface area contributed by atoms with Crippen molar-refractivity contribution in [2.24, 2.45) is 0 Å². The number of phenols is 4. The molecule has 8 nitrogen and oxygen atoms in total. The van der Waals surface area contributed by atoms with Crippen LogP contribution in [0.5, 0.6) is 23.0 Å². The zero-order valence-corrected chi connectivity index (χ0v) is 54.6. The summed E-state index contributed by atoms with van der Waals surface area (Å²) >= 11 is 0. The number of hydrogen-bond donors (Lipinski definition) is 5. The fourth-order valence-electron chi connectivity index (χ4n) is 10.9. The lowest BCUT2D eigenvalue weighted by Gasteiger charge is -2.30. The van der Waals surface area contributed by atoms with Gasteiger partial charge in [0, 0.05) is 0 Å². The molecule has 0 saturated carbocycles. The Balaban J connectivity index is 0.000000500. The largest absolute Gasteiger partial charge is 0.507 e. The second-order valence-corrected chi connectivity index (χ2v) is 31.2. The molecule has 0 heterocycles. The van der Waals surface area contributed by atoms with Gasteiger partial charge in [0.1, 0.15) is 36.0 Å². The summed E-state index contributed by atoms with van der Waals surface area (Å²) in [6.07, 6.45) is 1.58. The van der Waals surface area contributed by atoms with Crippen molar-refractivity contribution in [1.82, 2.24) is 0 Å². The van der Waals surface area contributed by atoms with E-state index in [1.807, 2.05) is 41.5 Å². The van der Waals surface area contributed by atoms with Crippen molar-refractivity contribution in [3.05, 3.63) is 149 Å². The quantitative estimate of drug-likeness (QED) is 0.0687. The zero-order valence-electron chi connectivity index (χ0n) is 54.6. The first-order valence-corrected chi connectivity index (χ1v) is 28.8. The van der Waals surface area contributed by atoms with Gasteiger partial charge in [-0.3, -0.25) is 9.59 Å². The van der Waals surface area contributed by atoms with Gasteiger partial charge in [-0.15, -0.1) is 0 Å². The Hall–Kier alpha value is -5.76. The van der Waals surface area contributed by atoms with Crippen molar-refractivity contribution in [3.8, 4) is 23.0 Å². The maximum Gasteiger partial charge on any atom is 0.317 e. The Morgan fingerprint density at radius 3 is 0.675 bits per heavy atom. The summed E-state index contributed by atoms with van der Waals surface area (Å²) in [7, 11) is 0. The Morgan fingerprint density at radius 2 is 0.512 bits per heavy atom. The first-order chi connectivity index (χ1) is 35.9. The summed E-state index contributed by atoms with van der Waals surface area (Å²) in [5.74, 6) is -0.514. The highest BCUT2D eigenvalue weighted by molar-refractivity contribution is 5.90. The van der Waals surface area contributed by atoms with Crippen LogP contribution in [0.25, 0.3) is 0 Å². The molecule has 5 aromatic rings. The molecule has 5 N–H and O–H groups in total. The van der Waals surface area contributed by atoms with Gasteiger partial charge < -0.3 is 30.3 Å². The number of carbonyl (C=O) groups is 2. The van der Waals surface area contributed by atoms with Crippen molar-refractivity contribution < 1.29 is 39.9 Å². The van der Waals surface area contributed by atoms with Gasteiger partial charge in [-0.1, -0.05) is 203 Å². The predicted molar refractivity (Wildman–Crippen MR) is 333 cm³/mol. The number of carboxylic acid groups (broad SMARTS) is 1. The highest BCUT2D eigenvalue weighted by atomic mass is 16.5. The van der Waals surface area contributed by atoms with Gasteiger partial charge in [-0.05, 0) is 196 Å². The van der Waals surface area contributed by atoms with E-state index in [0.717, 1.165) is 69.3 Å². The van der Waals surface area contributed by atoms with E-state index in [0.29, 0.717) is 17.2 Å². The molecule has 5 rings (SSSR count). The molecule has 0 aromatic heterocycles. The van der Waals surface area contributed by atoms with Crippen molar-refractivity contribution >= 4 is 11.9 Å². The van der Waals surface area contributed by atoms with Crippen LogP contribution in [0.2, 0.25) is 0 Å². The third-order valence-electron chi connectivity index (χ3n) is 15.7. The number of esters is 1. The minimum Gasteiger partial charge on any atom is -0.507 e. The molecule has 440 valence electrons. The van der Waals surface area contributed by atoms with E-state index in [1.165, 1.54) is 50.1 Å². The number of carbonyl (C=O) groups excluding carboxylic acids is 1. The maximum atomic E-state index is 11.6. The van der Waals surface area contributed by atoms with Gasteiger partial charge in [-0.25, -0.2) is 0 Å². The van der Waals surface area contributed by atoms with Gasteiger partial charge in [0.15, 0.2) is 0 Å². The summed E-state index contributed by atoms with van der Waals surface area (Å²) in [4.78, 5) is 21.9. The molecule has 0 aliphatic heterocycles. The summed E-state index contributed by atoms with van der Waals surface area (Å²) < 4.78 is 5.01. The molecule has 0 atom stereocenters. The molecule has 0 amide bonds. The van der Waals surface area contributed by atoms with Crippen molar-refractivity contribution in [1.29, 1.82) is 0 Å². The normalized spacial score (nSPS) is 13.0. The van der Waals surface area contributed by atoms with Crippen LogP contribution < -0.4 is 0 Å². The Bertz CT molecular complexity index is 2700. The van der Waals surface area contributed by atoms with Crippen molar-refractivity contribution in [2.75, 3.05) is 0 Å². The number of ether oxygens (including phenoxy) is 1. The lowest BCUT2D eigenvalue weighted by molar-refractivity contribution is -0.152. The molecule has 0 aliphatic rings. The van der Waals surface area contributed by atoms with Gasteiger partial charge in [0.05, 0.1) is 0 Å². The minimum atomic E-state index is -1.22. The van der Waals surface area contributed by atoms with E-state index in [1.54, 1.807) is 12.1 Å². The van der Waals surface area contributed by atoms with E-state index in [2.05, 4.69) is 182 Å². The Morgan fingerprint density at radius 1 is 0.338 bits per heavy atom. The number of phenolic OH excluding ortho intramolecular Hbond substituents is 4. The van der Waals surface area contributed by atoms with Crippen LogP contribution in [-0.4, -0.2) is 37.5 Å². The maximum absolute atomic E-state index is 11.6. The molecule has 0 aliphatic carbocycles. The third-order valence-corrected chi connectivity index (χ3v) is 15.7. The molecular formula is C72H104O8. The molecule has 80 heavy (non-hydrogen) atoms. The summed E-state index contributed by atoms with van der Waals surface area (Å²) in [5, 5.41) is 54.1. The smallest absolute Gasteiger partial charge is 0.317 e. The average molecular weight is 1100 g/mol. The van der Waals surface area contributed by atoms with Crippen LogP contribution in [0, 0.1) is 20.8 Å². The van der Waals surface area contributed by atoms with Crippen LogP contribution >= 0.6 is 0 Å². The molecule has 0 bridgehead atoms. The fourth-order valence-corrected chi connectivity index (χ4v) is 10.9. The number of aliphatic carboxylic acids is 1. The van der Waals surface area contributed by atoms with Crippen molar-refractivity contribution in [3.63, 3.8) is 0 Å². The summed E-state index contributed by atoms with van der Waals surface area (Å²) in [5.41, 5.74) is 17.8. The number of benzene rings is 5. The van der Waals surface area contributed by atoms with E-state index in [9.17, 15) is 30.0 Å². The van der Waals surface area contributed by atoms with Crippen LogP contribution in [0.1, 0.15) is 273 Å². The molecule has 8 heteroatoms. The summed E-state index contributed by atoms with van der Waals surface area (Å²) in [6.45, 7) is 58.1. The van der Waals surface area contributed by atoms with E-state index in [-0.39, 0.29) is 55.7 Å². The second-order valence-electron chi connectivity index (χ2n) is 31.2. The Kier molecular flexibility index (Phi) is 19.4. The number of rotatable bonds is 10. The van der Waals surface area contributed by atoms with E-state index < -0.39 is 18.4 Å². The van der Waals surface area contributed by atoms with Gasteiger partial charge in [-0.2, -0.15) is 0 Å². The zero-order chi connectivity index (χ0) is 61.8. The monoisotopic (exact) mass is 1100 g/mol. The van der Waals surface area contributed by atoms with Gasteiger partial charge >= 0.3 is 11.9 Å². The molecule has 0 saturated heterocycles. The van der Waals surface area contributed by atoms with Crippen LogP contribution in [-0.2, 0) is 83.5 Å². The predicted octanol–water partition coefficient (Wildman–Crippen LogP) is 17.8. The minimum absolute atomic E-state index is 0.0153. The molecule has 0 fully saturated rings. The van der Waals surface area contributed by atoms with Gasteiger partial charge in [0.25, 0.3) is 0 Å². The molecule has 0 radical (unpaired) electrons. The van der Waals surface area contributed by atoms with Crippen molar-refractivity contribution in [2.45, 2.75) is 263 Å². The third kappa shape index (κ3) is 16.0. The molecular weight excluding hydrogens is 993 g/mol. The molecule has 0 spiro atoms. The standard InChI is InChI=1S/C54H78O3.C18H26O5/c1-31-37(22-34-25-40(49(4,5)6)46(55)41(26-34)50(7,8)9)32(2)39(24-36-29-44(53(16,17)18)48(57)45(30-36)54(19,20)21)33(3)38(31)23-35-27-42(51(10,11)12)47(56)43(28-35)52(13,14)15;1-17(2,3)12-7-11(10-23-15(21)9-14(19)20)8-13(16(12)22)18(4,5)6/h25-30,55-57H,22-24H2,1-21H3;7-8,22H,9-10H2,1-6H3,(H,19,20). The SMILES string of the molecule is CC(C)(C)c1cc(COC(=O)CC(=O)O)cc(C(C)(C)C)c1O.Cc1c(Cc2cc(C(C)(C)C)c(O)c(C(C)(C)C)c2)c(C)c(Cc2cc(C(C)(C)C)c(O)c(C(C)(C)C)c2)c(C)c1Cc1cc(C(C)(C)C)c(O)c(C(C)(C)C)c1. The number of carboxylic acids is 1. The number of hydrogen-bond acceptors (Lipinski definition) is 7. The van der Waals surface area contributed by atoms with E-state index in [4.69, 9.17) is 9.84 Å². The topological polar surface area (TPSA) is 145 Å². The molecule has 0 unspecified atom stereocenters. The van der Waals surface area contributed by atoms with Crippen LogP contribution in [0.3, 0.4) is 0 Å². The highest BCUT2D eigenvalue weighted by Gasteiger charge is 2.32. The van der Waals surface area contributed by atoms with Crippen LogP contribution in [0.4, 0.5) is 0 Å². The van der Waals surface area contributed by atoms with E-state index >= 15 is 0 Å². The lowest BCUT2D eigenvalue weighted by atomic mass is 9.75. The van der Waals surface area contributed by atoms with Gasteiger partial charge in [0.2, 0.25) is 0 Å².